The van der Waals surface area contributed by atoms with E-state index in [2.05, 4.69) is 16.3 Å². The third kappa shape index (κ3) is 6.91. The lowest BCUT2D eigenvalue weighted by atomic mass is 10.1. The van der Waals surface area contributed by atoms with Crippen LogP contribution in [0.15, 0.2) is 42.5 Å². The van der Waals surface area contributed by atoms with Gasteiger partial charge in [0.25, 0.3) is 5.91 Å². The van der Waals surface area contributed by atoms with E-state index in [0.29, 0.717) is 12.4 Å². The molecule has 1 aliphatic rings. The highest BCUT2D eigenvalue weighted by molar-refractivity contribution is 5.93. The third-order valence-electron chi connectivity index (χ3n) is 5.03. The number of hydrogen-bond acceptors (Lipinski definition) is 6. The van der Waals surface area contributed by atoms with Gasteiger partial charge in [0.1, 0.15) is 11.5 Å². The first-order valence-corrected chi connectivity index (χ1v) is 10.7. The zero-order valence-corrected chi connectivity index (χ0v) is 18.2. The summed E-state index contributed by atoms with van der Waals surface area (Å²) in [5.41, 5.74) is 2.88. The van der Waals surface area contributed by atoms with Gasteiger partial charge in [0, 0.05) is 24.5 Å². The van der Waals surface area contributed by atoms with Crippen LogP contribution in [0.4, 0.5) is 11.4 Å². The second kappa shape index (κ2) is 11.2. The van der Waals surface area contributed by atoms with Gasteiger partial charge in [-0.3, -0.25) is 9.59 Å². The second-order valence-electron chi connectivity index (χ2n) is 7.41. The number of hydrogen-bond donors (Lipinski definition) is 1. The first kappa shape index (κ1) is 22.5. The van der Waals surface area contributed by atoms with Gasteiger partial charge in [-0.1, -0.05) is 0 Å². The molecule has 7 heteroatoms. The van der Waals surface area contributed by atoms with Gasteiger partial charge in [-0.25, -0.2) is 0 Å². The van der Waals surface area contributed by atoms with Crippen molar-refractivity contribution in [2.24, 2.45) is 0 Å². The van der Waals surface area contributed by atoms with Gasteiger partial charge in [0.2, 0.25) is 0 Å². The minimum atomic E-state index is -0.484. The van der Waals surface area contributed by atoms with Crippen molar-refractivity contribution in [3.63, 3.8) is 0 Å². The Labute approximate surface area is 183 Å². The van der Waals surface area contributed by atoms with E-state index in [1.807, 2.05) is 26.0 Å². The maximum absolute atomic E-state index is 12.1. The number of carbonyl (C=O) groups excluding carboxylic acids is 2. The van der Waals surface area contributed by atoms with E-state index in [-0.39, 0.29) is 25.5 Å². The number of ether oxygens (including phenoxy) is 3. The molecule has 0 atom stereocenters. The minimum absolute atomic E-state index is 0.0596. The molecule has 31 heavy (non-hydrogen) atoms. The molecule has 1 heterocycles. The SMILES string of the molecule is CCOc1ccc(OCCC(=O)OCC(=O)Nc2ccc(N3CCCC3)cc2C)cc1. The van der Waals surface area contributed by atoms with Crippen LogP contribution >= 0.6 is 0 Å². The summed E-state index contributed by atoms with van der Waals surface area (Å²) in [7, 11) is 0. The summed E-state index contributed by atoms with van der Waals surface area (Å²) in [6.07, 6.45) is 2.49. The predicted octanol–water partition coefficient (Wildman–Crippen LogP) is 3.94. The van der Waals surface area contributed by atoms with Gasteiger partial charge in [-0.05, 0) is 74.7 Å². The van der Waals surface area contributed by atoms with Gasteiger partial charge in [-0.2, -0.15) is 0 Å². The van der Waals surface area contributed by atoms with Crippen molar-refractivity contribution in [1.82, 2.24) is 0 Å². The maximum atomic E-state index is 12.1. The molecule has 1 aliphatic heterocycles. The molecular formula is C24H30N2O5. The van der Waals surface area contributed by atoms with Crippen LogP contribution in [0.25, 0.3) is 0 Å². The van der Waals surface area contributed by atoms with Crippen LogP contribution in [-0.4, -0.2) is 44.8 Å². The van der Waals surface area contributed by atoms with Crippen molar-refractivity contribution in [2.75, 3.05) is 43.1 Å². The van der Waals surface area contributed by atoms with Crippen LogP contribution in [-0.2, 0) is 14.3 Å². The Hall–Kier alpha value is -3.22. The lowest BCUT2D eigenvalue weighted by Crippen LogP contribution is -2.22. The smallest absolute Gasteiger partial charge is 0.309 e. The zero-order chi connectivity index (χ0) is 22.1. The van der Waals surface area contributed by atoms with Gasteiger partial charge in [-0.15, -0.1) is 0 Å². The molecule has 0 unspecified atom stereocenters. The van der Waals surface area contributed by atoms with Gasteiger partial charge >= 0.3 is 5.97 Å². The summed E-state index contributed by atoms with van der Waals surface area (Å²) in [5.74, 6) is 0.558. The normalized spacial score (nSPS) is 13.0. The van der Waals surface area contributed by atoms with Crippen molar-refractivity contribution in [3.8, 4) is 11.5 Å². The van der Waals surface area contributed by atoms with E-state index in [9.17, 15) is 9.59 Å². The fourth-order valence-corrected chi connectivity index (χ4v) is 3.42. The Balaban J connectivity index is 1.36. The molecule has 0 radical (unpaired) electrons. The van der Waals surface area contributed by atoms with Crippen LogP contribution in [0, 0.1) is 6.92 Å². The lowest BCUT2D eigenvalue weighted by Gasteiger charge is -2.19. The molecule has 7 nitrogen and oxygen atoms in total. The number of aryl methyl sites for hydroxylation is 1. The van der Waals surface area contributed by atoms with E-state index >= 15 is 0 Å². The average molecular weight is 427 g/mol. The summed E-state index contributed by atoms with van der Waals surface area (Å²) in [4.78, 5) is 26.4. The molecule has 1 saturated heterocycles. The molecule has 2 aromatic rings. The lowest BCUT2D eigenvalue weighted by molar-refractivity contribution is -0.147. The summed E-state index contributed by atoms with van der Waals surface area (Å²) in [5, 5.41) is 2.80. The van der Waals surface area contributed by atoms with Crippen LogP contribution in [0.2, 0.25) is 0 Å². The quantitative estimate of drug-likeness (QED) is 0.580. The molecule has 1 fully saturated rings. The van der Waals surface area contributed by atoms with Gasteiger partial charge in [0.05, 0.1) is 19.6 Å². The maximum Gasteiger partial charge on any atom is 0.309 e. The topological polar surface area (TPSA) is 77.1 Å². The summed E-state index contributed by atoms with van der Waals surface area (Å²) in [6, 6.07) is 13.2. The number of anilines is 2. The molecule has 1 N–H and O–H groups in total. The van der Waals surface area contributed by atoms with E-state index < -0.39 is 5.97 Å². The fourth-order valence-electron chi connectivity index (χ4n) is 3.42. The van der Waals surface area contributed by atoms with Crippen molar-refractivity contribution in [2.45, 2.75) is 33.1 Å². The summed E-state index contributed by atoms with van der Waals surface area (Å²) >= 11 is 0. The zero-order valence-electron chi connectivity index (χ0n) is 18.2. The highest BCUT2D eigenvalue weighted by atomic mass is 16.5. The Morgan fingerprint density at radius 3 is 2.32 bits per heavy atom. The highest BCUT2D eigenvalue weighted by Crippen LogP contribution is 2.25. The summed E-state index contributed by atoms with van der Waals surface area (Å²) in [6.45, 7) is 6.47. The molecule has 0 bridgehead atoms. The number of nitrogens with one attached hydrogen (secondary N) is 1. The number of rotatable bonds is 10. The Bertz CT molecular complexity index is 876. The minimum Gasteiger partial charge on any atom is -0.494 e. The number of amides is 1. The predicted molar refractivity (Wildman–Crippen MR) is 120 cm³/mol. The first-order valence-electron chi connectivity index (χ1n) is 10.7. The molecule has 0 aromatic heterocycles. The molecule has 3 rings (SSSR count). The van der Waals surface area contributed by atoms with E-state index in [0.717, 1.165) is 30.1 Å². The van der Waals surface area contributed by atoms with E-state index in [1.165, 1.54) is 18.5 Å². The molecule has 0 spiro atoms. The standard InChI is InChI=1S/C24H30N2O5/c1-3-29-20-7-9-21(10-8-20)30-15-12-24(28)31-17-23(27)25-22-11-6-19(16-18(22)2)26-13-4-5-14-26/h6-11,16H,3-5,12-15,17H2,1-2H3,(H,25,27). The van der Waals surface area contributed by atoms with Crippen molar-refractivity contribution >= 4 is 23.3 Å². The number of esters is 1. The highest BCUT2D eigenvalue weighted by Gasteiger charge is 2.14. The first-order chi connectivity index (χ1) is 15.0. The largest absolute Gasteiger partial charge is 0.494 e. The molecular weight excluding hydrogens is 396 g/mol. The second-order valence-corrected chi connectivity index (χ2v) is 7.41. The Morgan fingerprint density at radius 2 is 1.68 bits per heavy atom. The molecule has 2 aromatic carbocycles. The fraction of sp³-hybridized carbons (Fsp3) is 0.417. The van der Waals surface area contributed by atoms with Crippen molar-refractivity contribution < 1.29 is 23.8 Å². The van der Waals surface area contributed by atoms with Gasteiger partial charge in [0.15, 0.2) is 6.61 Å². The Morgan fingerprint density at radius 1 is 1.00 bits per heavy atom. The number of nitrogens with zero attached hydrogens (tertiary/aromatic N) is 1. The van der Waals surface area contributed by atoms with Crippen LogP contribution in [0.3, 0.4) is 0 Å². The third-order valence-corrected chi connectivity index (χ3v) is 5.03. The van der Waals surface area contributed by atoms with Crippen molar-refractivity contribution in [1.29, 1.82) is 0 Å². The van der Waals surface area contributed by atoms with Crippen LogP contribution < -0.4 is 19.7 Å². The van der Waals surface area contributed by atoms with Crippen molar-refractivity contribution in [3.05, 3.63) is 48.0 Å². The van der Waals surface area contributed by atoms with Crippen LogP contribution in [0.5, 0.6) is 11.5 Å². The van der Waals surface area contributed by atoms with Crippen LogP contribution in [0.1, 0.15) is 31.7 Å². The molecule has 0 aliphatic carbocycles. The monoisotopic (exact) mass is 426 g/mol. The van der Waals surface area contributed by atoms with E-state index in [1.54, 1.807) is 24.3 Å². The van der Waals surface area contributed by atoms with E-state index in [4.69, 9.17) is 14.2 Å². The number of carbonyl (C=O) groups is 2. The summed E-state index contributed by atoms with van der Waals surface area (Å²) < 4.78 is 15.9. The molecule has 1 amide bonds. The average Bonchev–Trinajstić information content (AvgIpc) is 3.30. The van der Waals surface area contributed by atoms with Gasteiger partial charge < -0.3 is 24.4 Å². The molecule has 0 saturated carbocycles. The number of benzene rings is 2. The molecule has 166 valence electrons. The Kier molecular flexibility index (Phi) is 8.15.